The largest absolute Gasteiger partial charge is 0.388 e. The van der Waals surface area contributed by atoms with E-state index >= 15 is 0 Å². The smallest absolute Gasteiger partial charge is 0.224 e. The number of aromatic nitrogens is 4. The molecule has 0 radical (unpaired) electrons. The molecule has 0 aliphatic carbocycles. The highest BCUT2D eigenvalue weighted by Gasteiger charge is 2.52. The number of hydrogen-bond acceptors (Lipinski definition) is 9. The van der Waals surface area contributed by atoms with Gasteiger partial charge in [0, 0.05) is 13.1 Å². The van der Waals surface area contributed by atoms with Crippen LogP contribution in [0, 0.1) is 0 Å². The molecule has 1 fully saturated rings. The molecule has 1 aliphatic rings. The molecule has 2 aromatic heterocycles. The third-order valence-corrected chi connectivity index (χ3v) is 6.48. The molecule has 11 heteroatoms. The Kier molecular flexibility index (Phi) is 6.54. The molecule has 1 amide bonds. The minimum Gasteiger partial charge on any atom is -0.388 e. The van der Waals surface area contributed by atoms with Crippen molar-refractivity contribution in [2.24, 2.45) is 5.73 Å². The first-order valence-electron chi connectivity index (χ1n) is 11.9. The maximum absolute atomic E-state index is 12.6. The summed E-state index contributed by atoms with van der Waals surface area (Å²) in [7, 11) is 0. The van der Waals surface area contributed by atoms with E-state index < -0.39 is 17.9 Å². The van der Waals surface area contributed by atoms with Crippen LogP contribution < -0.4 is 16.4 Å². The number of imidazole rings is 1. The summed E-state index contributed by atoms with van der Waals surface area (Å²) in [6, 6.07) is 14.2. The summed E-state index contributed by atoms with van der Waals surface area (Å²) in [6.45, 7) is 2.62. The maximum Gasteiger partial charge on any atom is 0.224 e. The van der Waals surface area contributed by atoms with Gasteiger partial charge in [-0.2, -0.15) is 0 Å². The lowest BCUT2D eigenvalue weighted by Crippen LogP contribution is -2.48. The van der Waals surface area contributed by atoms with Gasteiger partial charge in [-0.15, -0.1) is 0 Å². The van der Waals surface area contributed by atoms with Crippen molar-refractivity contribution in [3.63, 3.8) is 0 Å². The van der Waals surface area contributed by atoms with Crippen LogP contribution in [-0.4, -0.2) is 61.0 Å². The first-order chi connectivity index (χ1) is 17.5. The molecule has 4 aromatic rings. The highest BCUT2D eigenvalue weighted by atomic mass is 16.6. The number of carbonyl (C=O) groups excluding carboxylic acids is 1. The summed E-state index contributed by atoms with van der Waals surface area (Å²) in [5.74, 6) is 0.481. The fraction of sp³-hybridized carbons (Fsp3) is 0.360. The van der Waals surface area contributed by atoms with E-state index in [2.05, 4.69) is 43.8 Å². The Morgan fingerprint density at radius 3 is 2.78 bits per heavy atom. The number of ether oxygens (including phenoxy) is 1. The van der Waals surface area contributed by atoms with Crippen LogP contribution in [0.25, 0.3) is 21.9 Å². The summed E-state index contributed by atoms with van der Waals surface area (Å²) < 4.78 is 7.38. The summed E-state index contributed by atoms with van der Waals surface area (Å²) in [4.78, 5) is 26.2. The monoisotopic (exact) mass is 491 g/mol. The van der Waals surface area contributed by atoms with Gasteiger partial charge < -0.3 is 31.3 Å². The van der Waals surface area contributed by atoms with E-state index in [-0.39, 0.29) is 25.5 Å². The fourth-order valence-corrected chi connectivity index (χ4v) is 4.71. The van der Waals surface area contributed by atoms with Crippen LogP contribution in [0.2, 0.25) is 0 Å². The van der Waals surface area contributed by atoms with Gasteiger partial charge in [0.15, 0.2) is 22.7 Å². The fourth-order valence-electron chi connectivity index (χ4n) is 4.71. The molecule has 3 unspecified atom stereocenters. The first-order valence-corrected chi connectivity index (χ1v) is 11.9. The number of rotatable bonds is 8. The Labute approximate surface area is 207 Å². The van der Waals surface area contributed by atoms with E-state index in [0.717, 1.165) is 16.3 Å². The molecule has 0 spiro atoms. The van der Waals surface area contributed by atoms with Crippen molar-refractivity contribution in [3.8, 4) is 0 Å². The highest BCUT2D eigenvalue weighted by molar-refractivity contribution is 5.87. The molecule has 0 saturated carbocycles. The van der Waals surface area contributed by atoms with Crippen molar-refractivity contribution in [3.05, 3.63) is 60.2 Å². The number of amides is 1. The quantitative estimate of drug-likeness (QED) is 0.242. The average molecular weight is 492 g/mol. The molecule has 6 N–H and O–H groups in total. The number of nitrogens with zero attached hydrogens (tertiary/aromatic N) is 4. The van der Waals surface area contributed by atoms with Gasteiger partial charge in [0.1, 0.15) is 18.0 Å². The second-order valence-electron chi connectivity index (χ2n) is 8.77. The Balaban J connectivity index is 1.56. The number of nitrogens with one attached hydrogen (secondary N) is 2. The van der Waals surface area contributed by atoms with E-state index in [1.165, 1.54) is 10.9 Å². The Bertz CT molecular complexity index is 1400. The van der Waals surface area contributed by atoms with Crippen LogP contribution in [-0.2, 0) is 28.3 Å². The van der Waals surface area contributed by atoms with Crippen molar-refractivity contribution in [1.29, 1.82) is 0 Å². The van der Waals surface area contributed by atoms with Gasteiger partial charge in [0.25, 0.3) is 0 Å². The molecule has 11 nitrogen and oxygen atoms in total. The van der Waals surface area contributed by atoms with Crippen LogP contribution in [0.15, 0.2) is 48.8 Å². The van der Waals surface area contributed by atoms with E-state index in [9.17, 15) is 15.0 Å². The topological polar surface area (TPSA) is 160 Å². The number of aliphatic hydroxyl groups is 2. The van der Waals surface area contributed by atoms with Crippen LogP contribution >= 0.6 is 0 Å². The second-order valence-corrected chi connectivity index (χ2v) is 8.77. The summed E-state index contributed by atoms with van der Waals surface area (Å²) >= 11 is 0. The van der Waals surface area contributed by atoms with Crippen molar-refractivity contribution in [2.45, 2.75) is 44.4 Å². The van der Waals surface area contributed by atoms with Crippen molar-refractivity contribution in [1.82, 2.24) is 24.8 Å². The summed E-state index contributed by atoms with van der Waals surface area (Å²) in [5, 5.41) is 29.5. The molecular formula is C25H29N7O4. The van der Waals surface area contributed by atoms with Gasteiger partial charge in [0.05, 0.1) is 25.9 Å². The zero-order valence-corrected chi connectivity index (χ0v) is 19.9. The van der Waals surface area contributed by atoms with E-state index in [4.69, 9.17) is 10.5 Å². The zero-order chi connectivity index (χ0) is 25.3. The number of anilines is 1. The first kappa shape index (κ1) is 24.1. The number of benzene rings is 2. The number of aliphatic hydroxyl groups excluding tert-OH is 2. The minimum atomic E-state index is -1.58. The predicted molar refractivity (Wildman–Crippen MR) is 134 cm³/mol. The standard InChI is InChI=1S/C25H29N7O4/c1-2-27-20(34)10-25(22(35)18(33)13-36-25)32-14-29-21-23(30-19(11-26)31-24(21)32)28-12-16-8-5-7-15-6-3-4-9-17(15)16/h3-9,14,18,22,33,35H,2,10-13,26H2,1H3,(H,27,34)(H,28,30,31). The van der Waals surface area contributed by atoms with E-state index in [0.29, 0.717) is 35.9 Å². The molecule has 1 saturated heterocycles. The lowest BCUT2D eigenvalue weighted by atomic mass is 10.00. The van der Waals surface area contributed by atoms with Gasteiger partial charge in [0.2, 0.25) is 5.91 Å². The van der Waals surface area contributed by atoms with Crippen molar-refractivity contribution >= 4 is 33.7 Å². The lowest BCUT2D eigenvalue weighted by molar-refractivity contribution is -0.149. The predicted octanol–water partition coefficient (Wildman–Crippen LogP) is 0.981. The van der Waals surface area contributed by atoms with Crippen molar-refractivity contribution in [2.75, 3.05) is 18.5 Å². The molecule has 3 atom stereocenters. The van der Waals surface area contributed by atoms with Crippen LogP contribution in [0.1, 0.15) is 24.7 Å². The van der Waals surface area contributed by atoms with Gasteiger partial charge in [-0.05, 0) is 23.3 Å². The third-order valence-electron chi connectivity index (χ3n) is 6.48. The minimum absolute atomic E-state index is 0.0689. The van der Waals surface area contributed by atoms with E-state index in [1.807, 2.05) is 24.3 Å². The second kappa shape index (κ2) is 9.78. The van der Waals surface area contributed by atoms with Gasteiger partial charge in [-0.1, -0.05) is 42.5 Å². The Morgan fingerprint density at radius 2 is 2.03 bits per heavy atom. The molecule has 188 valence electrons. The lowest BCUT2D eigenvalue weighted by Gasteiger charge is -2.33. The van der Waals surface area contributed by atoms with Gasteiger partial charge >= 0.3 is 0 Å². The Hall–Kier alpha value is -3.64. The molecule has 1 aliphatic heterocycles. The van der Waals surface area contributed by atoms with Crippen LogP contribution in [0.5, 0.6) is 0 Å². The van der Waals surface area contributed by atoms with Gasteiger partial charge in [-0.25, -0.2) is 15.0 Å². The highest BCUT2D eigenvalue weighted by Crippen LogP contribution is 2.38. The molecule has 5 rings (SSSR count). The van der Waals surface area contributed by atoms with Crippen molar-refractivity contribution < 1.29 is 19.7 Å². The molecule has 36 heavy (non-hydrogen) atoms. The van der Waals surface area contributed by atoms with Gasteiger partial charge in [-0.3, -0.25) is 9.36 Å². The Morgan fingerprint density at radius 1 is 1.22 bits per heavy atom. The van der Waals surface area contributed by atoms with E-state index in [1.54, 1.807) is 6.92 Å². The molecular weight excluding hydrogens is 462 g/mol. The maximum atomic E-state index is 12.6. The average Bonchev–Trinajstić information content (AvgIpc) is 3.44. The normalized spacial score (nSPS) is 21.8. The summed E-state index contributed by atoms with van der Waals surface area (Å²) in [5.41, 5.74) is 6.17. The summed E-state index contributed by atoms with van der Waals surface area (Å²) in [6.07, 6.45) is -1.33. The number of carbonyl (C=O) groups is 1. The molecule has 0 bridgehead atoms. The molecule has 3 heterocycles. The SMILES string of the molecule is CCNC(=O)CC1(n2cnc3c(NCc4cccc5ccccc45)nc(CN)nc32)OCC(O)C1O. The number of hydrogen-bond donors (Lipinski definition) is 5. The third kappa shape index (κ3) is 4.16. The number of nitrogens with two attached hydrogens (primary N) is 1. The van der Waals surface area contributed by atoms with Crippen LogP contribution in [0.3, 0.4) is 0 Å². The molecule has 2 aromatic carbocycles. The van der Waals surface area contributed by atoms with Crippen LogP contribution in [0.4, 0.5) is 5.82 Å². The zero-order valence-electron chi connectivity index (χ0n) is 19.9. The number of fused-ring (bicyclic) bond motifs is 2.